The highest BCUT2D eigenvalue weighted by atomic mass is 19.4. The minimum Gasteiger partial charge on any atom is -0.372 e. The zero-order valence-electron chi connectivity index (χ0n) is 8.64. The number of ether oxygens (including phenoxy) is 1. The first-order valence-electron chi connectivity index (χ1n) is 4.74. The van der Waals surface area contributed by atoms with Crippen molar-refractivity contribution in [3.63, 3.8) is 0 Å². The Morgan fingerprint density at radius 1 is 1.44 bits per heavy atom. The number of hydrogen-bond donors (Lipinski definition) is 1. The second kappa shape index (κ2) is 7.93. The maximum Gasteiger partial charge on any atom is 0.411 e. The molecule has 7 heteroatoms. The molecular formula is C9H13F3N2O2. The van der Waals surface area contributed by atoms with Crippen LogP contribution in [0.4, 0.5) is 13.2 Å². The van der Waals surface area contributed by atoms with Crippen LogP contribution in [0.15, 0.2) is 0 Å². The Kier molecular flexibility index (Phi) is 7.29. The van der Waals surface area contributed by atoms with Gasteiger partial charge in [0.05, 0.1) is 12.7 Å². The Labute approximate surface area is 91.4 Å². The van der Waals surface area contributed by atoms with Gasteiger partial charge < -0.3 is 10.1 Å². The monoisotopic (exact) mass is 238 g/mol. The van der Waals surface area contributed by atoms with Crippen molar-refractivity contribution < 1.29 is 22.7 Å². The van der Waals surface area contributed by atoms with Crippen molar-refractivity contribution in [2.24, 2.45) is 0 Å². The van der Waals surface area contributed by atoms with Crippen LogP contribution in [-0.4, -0.2) is 31.8 Å². The third kappa shape index (κ3) is 10.8. The summed E-state index contributed by atoms with van der Waals surface area (Å²) in [6.45, 7) is -1.25. The lowest BCUT2D eigenvalue weighted by atomic mass is 10.3. The molecule has 92 valence electrons. The Morgan fingerprint density at radius 2 is 2.12 bits per heavy atom. The van der Waals surface area contributed by atoms with E-state index in [1.165, 1.54) is 0 Å². The molecule has 0 spiro atoms. The fraction of sp³-hybridized carbons (Fsp3) is 0.778. The van der Waals surface area contributed by atoms with Crippen LogP contribution < -0.4 is 5.32 Å². The predicted molar refractivity (Wildman–Crippen MR) is 49.3 cm³/mol. The van der Waals surface area contributed by atoms with Crippen LogP contribution >= 0.6 is 0 Å². The van der Waals surface area contributed by atoms with Crippen molar-refractivity contribution in [3.8, 4) is 6.07 Å². The highest BCUT2D eigenvalue weighted by Crippen LogP contribution is 2.14. The zero-order valence-corrected chi connectivity index (χ0v) is 8.64. The summed E-state index contributed by atoms with van der Waals surface area (Å²) in [4.78, 5) is 11.0. The van der Waals surface area contributed by atoms with Crippen LogP contribution in [0.25, 0.3) is 0 Å². The molecule has 0 saturated heterocycles. The minimum absolute atomic E-state index is 0.108. The molecule has 0 atom stereocenters. The highest BCUT2D eigenvalue weighted by molar-refractivity contribution is 5.75. The molecule has 4 nitrogen and oxygen atoms in total. The molecule has 1 N–H and O–H groups in total. The zero-order chi connectivity index (χ0) is 12.4. The molecule has 0 aromatic rings. The van der Waals surface area contributed by atoms with Gasteiger partial charge in [0.25, 0.3) is 0 Å². The van der Waals surface area contributed by atoms with Crippen LogP contribution in [0, 0.1) is 11.3 Å². The molecule has 1 amide bonds. The number of alkyl halides is 3. The number of carbonyl (C=O) groups is 1. The number of nitrogens with one attached hydrogen (secondary N) is 1. The van der Waals surface area contributed by atoms with Crippen molar-refractivity contribution in [1.29, 1.82) is 5.26 Å². The fourth-order valence-corrected chi connectivity index (χ4v) is 0.836. The van der Waals surface area contributed by atoms with Crippen molar-refractivity contribution in [3.05, 3.63) is 0 Å². The quantitative estimate of drug-likeness (QED) is 0.681. The third-order valence-electron chi connectivity index (χ3n) is 1.53. The van der Waals surface area contributed by atoms with E-state index in [4.69, 9.17) is 5.26 Å². The normalized spacial score (nSPS) is 10.9. The average Bonchev–Trinajstić information content (AvgIpc) is 2.18. The van der Waals surface area contributed by atoms with Crippen molar-refractivity contribution >= 4 is 5.91 Å². The first kappa shape index (κ1) is 14.7. The molecule has 0 aliphatic rings. The molecule has 0 unspecified atom stereocenters. The summed E-state index contributed by atoms with van der Waals surface area (Å²) in [6, 6.07) is 1.91. The lowest BCUT2D eigenvalue weighted by Crippen LogP contribution is -2.26. The molecule has 16 heavy (non-hydrogen) atoms. The van der Waals surface area contributed by atoms with Gasteiger partial charge in [0.2, 0.25) is 5.91 Å². The van der Waals surface area contributed by atoms with E-state index in [1.807, 2.05) is 6.07 Å². The van der Waals surface area contributed by atoms with Gasteiger partial charge in [-0.1, -0.05) is 0 Å². The lowest BCUT2D eigenvalue weighted by molar-refractivity contribution is -0.174. The van der Waals surface area contributed by atoms with Gasteiger partial charge in [-0.15, -0.1) is 0 Å². The molecule has 0 rings (SSSR count). The van der Waals surface area contributed by atoms with Crippen LogP contribution in [0.3, 0.4) is 0 Å². The second-order valence-electron chi connectivity index (χ2n) is 3.03. The van der Waals surface area contributed by atoms with Gasteiger partial charge in [0.1, 0.15) is 6.61 Å². The van der Waals surface area contributed by atoms with Gasteiger partial charge in [0.15, 0.2) is 0 Å². The van der Waals surface area contributed by atoms with Gasteiger partial charge >= 0.3 is 6.18 Å². The van der Waals surface area contributed by atoms with E-state index >= 15 is 0 Å². The Bertz CT molecular complexity index is 248. The van der Waals surface area contributed by atoms with E-state index in [-0.39, 0.29) is 18.9 Å². The molecule has 0 saturated carbocycles. The van der Waals surface area contributed by atoms with E-state index in [9.17, 15) is 18.0 Å². The van der Waals surface area contributed by atoms with E-state index in [0.717, 1.165) is 0 Å². The van der Waals surface area contributed by atoms with Gasteiger partial charge in [0, 0.05) is 19.4 Å². The van der Waals surface area contributed by atoms with Gasteiger partial charge in [-0.25, -0.2) is 0 Å². The Morgan fingerprint density at radius 3 is 2.69 bits per heavy atom. The van der Waals surface area contributed by atoms with Crippen LogP contribution in [-0.2, 0) is 9.53 Å². The summed E-state index contributed by atoms with van der Waals surface area (Å²) in [6.07, 6.45) is -3.59. The number of rotatable bonds is 7. The predicted octanol–water partition coefficient (Wildman–Crippen LogP) is 1.38. The lowest BCUT2D eigenvalue weighted by Gasteiger charge is -2.07. The molecule has 0 radical (unpaired) electrons. The number of hydrogen-bond acceptors (Lipinski definition) is 3. The number of unbranched alkanes of at least 4 members (excludes halogenated alkanes) is 1. The summed E-state index contributed by atoms with van der Waals surface area (Å²) in [5.41, 5.74) is 0. The van der Waals surface area contributed by atoms with Gasteiger partial charge in [-0.2, -0.15) is 18.4 Å². The van der Waals surface area contributed by atoms with Crippen LogP contribution in [0.5, 0.6) is 0 Å². The van der Waals surface area contributed by atoms with E-state index in [2.05, 4.69) is 10.1 Å². The molecular weight excluding hydrogens is 225 g/mol. The van der Waals surface area contributed by atoms with Crippen molar-refractivity contribution in [2.75, 3.05) is 19.8 Å². The van der Waals surface area contributed by atoms with Gasteiger partial charge in [-0.05, 0) is 6.42 Å². The maximum absolute atomic E-state index is 11.6. The molecule has 0 heterocycles. The number of halogens is 3. The number of carbonyl (C=O) groups excluding carboxylic acids is 1. The van der Waals surface area contributed by atoms with E-state index in [0.29, 0.717) is 19.4 Å². The summed E-state index contributed by atoms with van der Waals surface area (Å²) < 4.78 is 39.1. The van der Waals surface area contributed by atoms with Crippen LogP contribution in [0.2, 0.25) is 0 Å². The minimum atomic E-state index is -4.36. The smallest absolute Gasteiger partial charge is 0.372 e. The summed E-state index contributed by atoms with van der Waals surface area (Å²) >= 11 is 0. The first-order valence-corrected chi connectivity index (χ1v) is 4.74. The molecule has 0 fully saturated rings. The van der Waals surface area contributed by atoms with Crippen molar-refractivity contribution in [2.45, 2.75) is 25.4 Å². The molecule has 0 aliphatic carbocycles. The van der Waals surface area contributed by atoms with Crippen molar-refractivity contribution in [1.82, 2.24) is 5.32 Å². The van der Waals surface area contributed by atoms with Crippen LogP contribution in [0.1, 0.15) is 19.3 Å². The molecule has 0 aromatic carbocycles. The Balaban J connectivity index is 3.35. The maximum atomic E-state index is 11.6. The average molecular weight is 238 g/mol. The summed E-state index contributed by atoms with van der Waals surface area (Å²) in [7, 11) is 0. The SMILES string of the molecule is N#CCCCNC(=O)CCOCC(F)(F)F. The largest absolute Gasteiger partial charge is 0.411 e. The van der Waals surface area contributed by atoms with E-state index < -0.39 is 12.8 Å². The molecule has 0 bridgehead atoms. The second-order valence-corrected chi connectivity index (χ2v) is 3.03. The topological polar surface area (TPSA) is 62.1 Å². The standard InChI is InChI=1S/C9H13F3N2O2/c10-9(11,12)7-16-6-3-8(15)14-5-2-1-4-13/h1-3,5-7H2,(H,14,15). The molecule has 0 aliphatic heterocycles. The summed E-state index contributed by atoms with van der Waals surface area (Å²) in [5, 5.41) is 10.7. The first-order chi connectivity index (χ1) is 7.45. The van der Waals surface area contributed by atoms with Gasteiger partial charge in [-0.3, -0.25) is 4.79 Å². The Hall–Kier alpha value is -1.29. The third-order valence-corrected chi connectivity index (χ3v) is 1.53. The molecule has 0 aromatic heterocycles. The fourth-order valence-electron chi connectivity index (χ4n) is 0.836. The van der Waals surface area contributed by atoms with E-state index in [1.54, 1.807) is 0 Å². The summed E-state index contributed by atoms with van der Waals surface area (Å²) in [5.74, 6) is -0.375. The number of amides is 1. The number of nitriles is 1. The number of nitrogens with zero attached hydrogens (tertiary/aromatic N) is 1. The highest BCUT2D eigenvalue weighted by Gasteiger charge is 2.27.